The molecular weight excluding hydrogens is 302 g/mol. The van der Waals surface area contributed by atoms with E-state index in [2.05, 4.69) is 16.3 Å². The lowest BCUT2D eigenvalue weighted by Gasteiger charge is -2.26. The Kier molecular flexibility index (Phi) is 5.84. The van der Waals surface area contributed by atoms with Crippen molar-refractivity contribution in [3.63, 3.8) is 0 Å². The van der Waals surface area contributed by atoms with Gasteiger partial charge in [0.15, 0.2) is 0 Å². The van der Waals surface area contributed by atoms with Crippen molar-refractivity contribution in [3.05, 3.63) is 35.4 Å². The molecule has 2 saturated heterocycles. The summed E-state index contributed by atoms with van der Waals surface area (Å²) in [5, 5.41) is 12.4. The maximum atomic E-state index is 12.6. The molecule has 3 rings (SSSR count). The van der Waals surface area contributed by atoms with Gasteiger partial charge in [0.05, 0.1) is 17.7 Å². The second-order valence-electron chi connectivity index (χ2n) is 6.70. The fourth-order valence-electron chi connectivity index (χ4n) is 3.61. The molecule has 5 heteroatoms. The first-order chi connectivity index (χ1) is 11.8. The number of benzene rings is 1. The fourth-order valence-corrected chi connectivity index (χ4v) is 3.61. The van der Waals surface area contributed by atoms with Crippen LogP contribution in [0.15, 0.2) is 24.3 Å². The number of rotatable bonds is 5. The number of carbonyl (C=O) groups is 1. The minimum absolute atomic E-state index is 0.0726. The van der Waals surface area contributed by atoms with E-state index in [4.69, 9.17) is 4.74 Å². The molecule has 0 radical (unpaired) electrons. The first-order valence-electron chi connectivity index (χ1n) is 8.85. The molecule has 0 saturated carbocycles. The standard InChI is InChI=1S/C19H25N3O2/c20-12-16-4-1-2-5-17(16)14-22-9-3-6-18(22)19(23)21-13-15-7-10-24-11-8-15/h1-2,4-5,15,18H,3,6-11,13-14H2,(H,21,23). The highest BCUT2D eigenvalue weighted by atomic mass is 16.5. The number of nitriles is 1. The second kappa shape index (κ2) is 8.27. The quantitative estimate of drug-likeness (QED) is 0.899. The topological polar surface area (TPSA) is 65.4 Å². The highest BCUT2D eigenvalue weighted by molar-refractivity contribution is 5.82. The Morgan fingerprint density at radius 1 is 1.29 bits per heavy atom. The molecule has 0 aromatic heterocycles. The molecule has 2 aliphatic heterocycles. The van der Waals surface area contributed by atoms with E-state index in [-0.39, 0.29) is 11.9 Å². The van der Waals surface area contributed by atoms with Crippen LogP contribution in [-0.4, -0.2) is 43.2 Å². The van der Waals surface area contributed by atoms with E-state index >= 15 is 0 Å². The van der Waals surface area contributed by atoms with Gasteiger partial charge in [0.25, 0.3) is 0 Å². The molecule has 128 valence electrons. The predicted octanol–water partition coefficient (Wildman–Crippen LogP) is 2.07. The Bertz CT molecular complexity index is 605. The average molecular weight is 327 g/mol. The van der Waals surface area contributed by atoms with Crippen LogP contribution in [-0.2, 0) is 16.1 Å². The number of carbonyl (C=O) groups excluding carboxylic acids is 1. The van der Waals surface area contributed by atoms with Crippen molar-refractivity contribution in [1.29, 1.82) is 5.26 Å². The molecule has 2 heterocycles. The zero-order valence-corrected chi connectivity index (χ0v) is 14.0. The van der Waals surface area contributed by atoms with Crippen LogP contribution in [0.5, 0.6) is 0 Å². The number of ether oxygens (including phenoxy) is 1. The number of hydrogen-bond acceptors (Lipinski definition) is 4. The average Bonchev–Trinajstić information content (AvgIpc) is 3.09. The van der Waals surface area contributed by atoms with E-state index in [1.165, 1.54) is 0 Å². The number of hydrogen-bond donors (Lipinski definition) is 1. The number of nitrogens with zero attached hydrogens (tertiary/aromatic N) is 2. The van der Waals surface area contributed by atoms with Crippen LogP contribution in [0.25, 0.3) is 0 Å². The van der Waals surface area contributed by atoms with E-state index in [9.17, 15) is 10.1 Å². The third-order valence-electron chi connectivity index (χ3n) is 5.08. The number of amides is 1. The van der Waals surface area contributed by atoms with Crippen LogP contribution in [0.4, 0.5) is 0 Å². The predicted molar refractivity (Wildman–Crippen MR) is 91.1 cm³/mol. The highest BCUT2D eigenvalue weighted by Gasteiger charge is 2.31. The van der Waals surface area contributed by atoms with Gasteiger partial charge in [-0.05, 0) is 49.8 Å². The summed E-state index contributed by atoms with van der Waals surface area (Å²) in [5.74, 6) is 0.672. The Labute approximate surface area is 143 Å². The van der Waals surface area contributed by atoms with E-state index < -0.39 is 0 Å². The van der Waals surface area contributed by atoms with Crippen molar-refractivity contribution in [1.82, 2.24) is 10.2 Å². The SMILES string of the molecule is N#Cc1ccccc1CN1CCCC1C(=O)NCC1CCOCC1. The van der Waals surface area contributed by atoms with Gasteiger partial charge in [-0.15, -0.1) is 0 Å². The van der Waals surface area contributed by atoms with Crippen molar-refractivity contribution in [2.45, 2.75) is 38.3 Å². The van der Waals surface area contributed by atoms with Gasteiger partial charge in [-0.25, -0.2) is 0 Å². The minimum atomic E-state index is -0.0726. The van der Waals surface area contributed by atoms with Crippen molar-refractivity contribution in [2.24, 2.45) is 5.92 Å². The molecular formula is C19H25N3O2. The molecule has 2 aliphatic rings. The second-order valence-corrected chi connectivity index (χ2v) is 6.70. The lowest BCUT2D eigenvalue weighted by atomic mass is 10.0. The Balaban J connectivity index is 1.56. The minimum Gasteiger partial charge on any atom is -0.381 e. The van der Waals surface area contributed by atoms with Gasteiger partial charge in [0, 0.05) is 26.3 Å². The summed E-state index contributed by atoms with van der Waals surface area (Å²) in [5.41, 5.74) is 1.70. The molecule has 1 amide bonds. The lowest BCUT2D eigenvalue weighted by molar-refractivity contribution is -0.126. The third kappa shape index (κ3) is 4.14. The Morgan fingerprint density at radius 3 is 2.88 bits per heavy atom. The van der Waals surface area contributed by atoms with Gasteiger partial charge in [-0.1, -0.05) is 18.2 Å². The zero-order valence-electron chi connectivity index (χ0n) is 14.0. The monoisotopic (exact) mass is 327 g/mol. The van der Waals surface area contributed by atoms with Gasteiger partial charge in [0.1, 0.15) is 0 Å². The van der Waals surface area contributed by atoms with Crippen molar-refractivity contribution < 1.29 is 9.53 Å². The van der Waals surface area contributed by atoms with Gasteiger partial charge in [-0.3, -0.25) is 9.69 Å². The molecule has 5 nitrogen and oxygen atoms in total. The summed E-state index contributed by atoms with van der Waals surface area (Å²) >= 11 is 0. The van der Waals surface area contributed by atoms with Crippen LogP contribution in [0.1, 0.15) is 36.8 Å². The van der Waals surface area contributed by atoms with Crippen molar-refractivity contribution >= 4 is 5.91 Å². The molecule has 1 aromatic rings. The summed E-state index contributed by atoms with van der Waals surface area (Å²) < 4.78 is 5.36. The van der Waals surface area contributed by atoms with Crippen LogP contribution >= 0.6 is 0 Å². The van der Waals surface area contributed by atoms with Crippen LogP contribution in [0.3, 0.4) is 0 Å². The zero-order chi connectivity index (χ0) is 16.8. The Morgan fingerprint density at radius 2 is 2.08 bits per heavy atom. The largest absolute Gasteiger partial charge is 0.381 e. The highest BCUT2D eigenvalue weighted by Crippen LogP contribution is 2.22. The summed E-state index contributed by atoms with van der Waals surface area (Å²) in [6, 6.07) is 9.82. The lowest BCUT2D eigenvalue weighted by Crippen LogP contribution is -2.44. The molecule has 1 N–H and O–H groups in total. The first kappa shape index (κ1) is 16.9. The van der Waals surface area contributed by atoms with Crippen LogP contribution in [0.2, 0.25) is 0 Å². The van der Waals surface area contributed by atoms with Crippen molar-refractivity contribution in [3.8, 4) is 6.07 Å². The van der Waals surface area contributed by atoms with E-state index in [0.717, 1.165) is 57.6 Å². The van der Waals surface area contributed by atoms with Gasteiger partial charge >= 0.3 is 0 Å². The maximum Gasteiger partial charge on any atom is 0.237 e. The maximum absolute atomic E-state index is 12.6. The van der Waals surface area contributed by atoms with Crippen molar-refractivity contribution in [2.75, 3.05) is 26.3 Å². The normalized spacial score (nSPS) is 22.2. The molecule has 1 atom stereocenters. The van der Waals surface area contributed by atoms with Gasteiger partial charge in [-0.2, -0.15) is 5.26 Å². The third-order valence-corrected chi connectivity index (χ3v) is 5.08. The van der Waals surface area contributed by atoms with E-state index in [0.29, 0.717) is 18.0 Å². The molecule has 1 aromatic carbocycles. The van der Waals surface area contributed by atoms with E-state index in [1.807, 2.05) is 24.3 Å². The molecule has 0 aliphatic carbocycles. The molecule has 0 spiro atoms. The smallest absolute Gasteiger partial charge is 0.237 e. The summed E-state index contributed by atoms with van der Waals surface area (Å²) in [6.45, 7) is 3.94. The van der Waals surface area contributed by atoms with Crippen LogP contribution < -0.4 is 5.32 Å². The fraction of sp³-hybridized carbons (Fsp3) is 0.579. The van der Waals surface area contributed by atoms with Crippen LogP contribution in [0, 0.1) is 17.2 Å². The molecule has 2 fully saturated rings. The van der Waals surface area contributed by atoms with Gasteiger partial charge < -0.3 is 10.1 Å². The Hall–Kier alpha value is -1.90. The van der Waals surface area contributed by atoms with Gasteiger partial charge in [0.2, 0.25) is 5.91 Å². The summed E-state index contributed by atoms with van der Waals surface area (Å²) in [6.07, 6.45) is 3.99. The molecule has 0 bridgehead atoms. The molecule has 24 heavy (non-hydrogen) atoms. The summed E-state index contributed by atoms with van der Waals surface area (Å²) in [4.78, 5) is 14.8. The number of likely N-dealkylation sites (tertiary alicyclic amines) is 1. The van der Waals surface area contributed by atoms with E-state index in [1.54, 1.807) is 0 Å². The summed E-state index contributed by atoms with van der Waals surface area (Å²) in [7, 11) is 0. The number of nitrogens with one attached hydrogen (secondary N) is 1. The first-order valence-corrected chi connectivity index (χ1v) is 8.85. The molecule has 1 unspecified atom stereocenters.